The summed E-state index contributed by atoms with van der Waals surface area (Å²) in [5.41, 5.74) is -0.441. The van der Waals surface area contributed by atoms with Crippen molar-refractivity contribution in [3.63, 3.8) is 0 Å². The molecule has 2 aromatic carbocycles. The Labute approximate surface area is 251 Å². The van der Waals surface area contributed by atoms with Crippen LogP contribution in [0.1, 0.15) is 48.8 Å². The molecule has 2 fully saturated rings. The molecule has 9 nitrogen and oxygen atoms in total. The Kier molecular flexibility index (Phi) is 7.27. The summed E-state index contributed by atoms with van der Waals surface area (Å²) in [5.74, 6) is -4.79. The van der Waals surface area contributed by atoms with Crippen LogP contribution in [-0.4, -0.2) is 47.8 Å². The highest BCUT2D eigenvalue weighted by Gasteiger charge is 2.57. The molecule has 0 spiro atoms. The number of alkyl halides is 2. The van der Waals surface area contributed by atoms with E-state index in [-0.39, 0.29) is 36.3 Å². The second kappa shape index (κ2) is 11.0. The number of ether oxygens (including phenoxy) is 1. The molecule has 2 aliphatic carbocycles. The number of carbonyl (C=O) groups excluding carboxylic acids is 3. The van der Waals surface area contributed by atoms with Gasteiger partial charge in [0.25, 0.3) is 17.7 Å². The number of carbonyl (C=O) groups is 3. The van der Waals surface area contributed by atoms with Crippen LogP contribution in [-0.2, 0) is 26.3 Å². The fourth-order valence-electron chi connectivity index (χ4n) is 6.61. The monoisotopic (exact) mass is 603 g/mol. The Morgan fingerprint density at radius 1 is 1.14 bits per heavy atom. The van der Waals surface area contributed by atoms with Gasteiger partial charge in [0, 0.05) is 42.8 Å². The fraction of sp³-hybridized carbons (Fsp3) is 0.344. The number of halogens is 3. The Bertz CT molecular complexity index is 1700. The van der Waals surface area contributed by atoms with E-state index < -0.39 is 59.9 Å². The molecule has 6 rings (SSSR count). The van der Waals surface area contributed by atoms with E-state index in [4.69, 9.17) is 4.74 Å². The topological polar surface area (TPSA) is 116 Å². The van der Waals surface area contributed by atoms with Crippen LogP contribution in [0.15, 0.2) is 60.8 Å². The molecular formula is C32H28F3N5O4. The van der Waals surface area contributed by atoms with Gasteiger partial charge in [0.05, 0.1) is 18.7 Å². The summed E-state index contributed by atoms with van der Waals surface area (Å²) in [6.45, 7) is 0. The molecule has 0 unspecified atom stereocenters. The minimum Gasteiger partial charge on any atom is -0.496 e. The maximum absolute atomic E-state index is 14.9. The highest BCUT2D eigenvalue weighted by atomic mass is 19.3. The number of nitrogens with zero attached hydrogens (tertiary/aromatic N) is 4. The van der Waals surface area contributed by atoms with Gasteiger partial charge in [0.2, 0.25) is 5.91 Å². The lowest BCUT2D eigenvalue weighted by atomic mass is 9.83. The van der Waals surface area contributed by atoms with E-state index in [1.165, 1.54) is 53.4 Å². The van der Waals surface area contributed by atoms with Crippen molar-refractivity contribution < 1.29 is 32.3 Å². The van der Waals surface area contributed by atoms with Gasteiger partial charge in [-0.15, -0.1) is 0 Å². The maximum atomic E-state index is 14.9. The number of amides is 3. The second-order valence-electron chi connectivity index (χ2n) is 11.3. The Balaban J connectivity index is 1.52. The average molecular weight is 604 g/mol. The molecular weight excluding hydrogens is 575 g/mol. The van der Waals surface area contributed by atoms with Crippen molar-refractivity contribution >= 4 is 29.2 Å². The maximum Gasteiger partial charge on any atom is 0.252 e. The van der Waals surface area contributed by atoms with Crippen molar-refractivity contribution in [1.82, 2.24) is 10.3 Å². The molecule has 1 saturated heterocycles. The highest BCUT2D eigenvalue weighted by molar-refractivity contribution is 6.12. The van der Waals surface area contributed by atoms with Gasteiger partial charge in [0.15, 0.2) is 5.54 Å². The zero-order chi connectivity index (χ0) is 31.2. The van der Waals surface area contributed by atoms with Gasteiger partial charge in [-0.05, 0) is 61.2 Å². The first kappa shape index (κ1) is 29.2. The third-order valence-corrected chi connectivity index (χ3v) is 8.62. The molecule has 44 heavy (non-hydrogen) atoms. The van der Waals surface area contributed by atoms with Crippen LogP contribution in [0, 0.1) is 17.1 Å². The summed E-state index contributed by atoms with van der Waals surface area (Å²) in [6.07, 6.45) is 0.674. The summed E-state index contributed by atoms with van der Waals surface area (Å²) in [7, 11) is 1.48. The van der Waals surface area contributed by atoms with Crippen LogP contribution in [0.25, 0.3) is 0 Å². The lowest BCUT2D eigenvalue weighted by molar-refractivity contribution is -0.137. The normalized spacial score (nSPS) is 22.1. The molecule has 2 heterocycles. The van der Waals surface area contributed by atoms with Gasteiger partial charge < -0.3 is 10.1 Å². The van der Waals surface area contributed by atoms with Gasteiger partial charge in [-0.25, -0.2) is 18.2 Å². The van der Waals surface area contributed by atoms with Crippen LogP contribution < -0.4 is 19.9 Å². The summed E-state index contributed by atoms with van der Waals surface area (Å²) in [5, 5.41) is 12.2. The quantitative estimate of drug-likeness (QED) is 0.429. The molecule has 1 aliphatic heterocycles. The zero-order valence-corrected chi connectivity index (χ0v) is 23.7. The number of methoxy groups -OCH3 is 1. The van der Waals surface area contributed by atoms with Crippen LogP contribution in [0.2, 0.25) is 0 Å². The summed E-state index contributed by atoms with van der Waals surface area (Å²) in [6, 6.07) is 13.2. The number of fused-ring (bicyclic) bond motifs is 1. The zero-order valence-electron chi connectivity index (χ0n) is 23.7. The molecule has 3 aliphatic rings. The number of hydrogen-bond donors (Lipinski definition) is 1. The third kappa shape index (κ3) is 4.82. The van der Waals surface area contributed by atoms with Gasteiger partial charge in [-0.3, -0.25) is 24.2 Å². The van der Waals surface area contributed by atoms with Crippen LogP contribution in [0.3, 0.4) is 0 Å². The predicted octanol–water partition coefficient (Wildman–Crippen LogP) is 4.39. The van der Waals surface area contributed by atoms with E-state index in [9.17, 15) is 32.8 Å². The molecule has 226 valence electrons. The van der Waals surface area contributed by atoms with Gasteiger partial charge in [0.1, 0.15) is 23.4 Å². The molecule has 0 bridgehead atoms. The van der Waals surface area contributed by atoms with E-state index in [0.29, 0.717) is 23.3 Å². The molecule has 0 radical (unpaired) electrons. The predicted molar refractivity (Wildman–Crippen MR) is 152 cm³/mol. The standard InChI is InChI=1S/C32H28F3N5O4/c1-44-26-7-3-6-24-23(26)10-12-32(24,30(43)38-21-16-31(34,35)17-21)40(22-5-2-4-20(33)15-22)29(42)25-8-9-28(41)39(25)27-14-19(18-36)11-13-37-27/h2-7,11,13-15,21,25H,8-10,12,16-17H2,1H3,(H,38,43)/t25-,32+/m0/s1. The van der Waals surface area contributed by atoms with Crippen LogP contribution >= 0.6 is 0 Å². The van der Waals surface area contributed by atoms with Crippen molar-refractivity contribution in [2.45, 2.75) is 62.1 Å². The van der Waals surface area contributed by atoms with Gasteiger partial charge in [-0.2, -0.15) is 5.26 Å². The summed E-state index contributed by atoms with van der Waals surface area (Å²) in [4.78, 5) is 49.1. The van der Waals surface area contributed by atoms with E-state index in [1.54, 1.807) is 18.2 Å². The largest absolute Gasteiger partial charge is 0.496 e. The number of benzene rings is 2. The fourth-order valence-corrected chi connectivity index (χ4v) is 6.61. The van der Waals surface area contributed by atoms with E-state index >= 15 is 0 Å². The van der Waals surface area contributed by atoms with E-state index in [0.717, 1.165) is 6.07 Å². The Morgan fingerprint density at radius 2 is 1.91 bits per heavy atom. The van der Waals surface area contributed by atoms with Crippen molar-refractivity contribution in [3.05, 3.63) is 83.3 Å². The molecule has 2 atom stereocenters. The first-order valence-corrected chi connectivity index (χ1v) is 14.2. The first-order valence-electron chi connectivity index (χ1n) is 14.2. The SMILES string of the molecule is COc1cccc2c1CC[C@@]2(C(=O)NC1CC(F)(F)C1)N(C(=O)[C@@H]1CCC(=O)N1c1cc(C#N)ccn1)c1cccc(F)c1. The number of nitriles is 1. The Morgan fingerprint density at radius 3 is 2.61 bits per heavy atom. The minimum absolute atomic E-state index is 0.00732. The molecule has 1 saturated carbocycles. The Hall–Kier alpha value is -4.92. The van der Waals surface area contributed by atoms with Crippen LogP contribution in [0.4, 0.5) is 24.7 Å². The van der Waals surface area contributed by atoms with E-state index in [1.807, 2.05) is 6.07 Å². The van der Waals surface area contributed by atoms with Crippen molar-refractivity contribution in [1.29, 1.82) is 5.26 Å². The molecule has 12 heteroatoms. The number of pyridine rings is 1. The van der Waals surface area contributed by atoms with E-state index in [2.05, 4.69) is 10.3 Å². The third-order valence-electron chi connectivity index (χ3n) is 8.62. The van der Waals surface area contributed by atoms with Crippen molar-refractivity contribution in [2.24, 2.45) is 0 Å². The summed E-state index contributed by atoms with van der Waals surface area (Å²) < 4.78 is 48.0. The lowest BCUT2D eigenvalue weighted by Crippen LogP contribution is -2.64. The van der Waals surface area contributed by atoms with Gasteiger partial charge >= 0.3 is 0 Å². The molecule has 1 aromatic heterocycles. The number of rotatable bonds is 7. The smallest absolute Gasteiger partial charge is 0.252 e. The number of aromatic nitrogens is 1. The average Bonchev–Trinajstić information content (AvgIpc) is 3.58. The van der Waals surface area contributed by atoms with Crippen LogP contribution in [0.5, 0.6) is 5.75 Å². The van der Waals surface area contributed by atoms with Crippen molar-refractivity contribution in [2.75, 3.05) is 16.9 Å². The molecule has 3 aromatic rings. The van der Waals surface area contributed by atoms with Gasteiger partial charge in [-0.1, -0.05) is 18.2 Å². The summed E-state index contributed by atoms with van der Waals surface area (Å²) >= 11 is 0. The second-order valence-corrected chi connectivity index (χ2v) is 11.3. The van der Waals surface area contributed by atoms with Crippen molar-refractivity contribution in [3.8, 4) is 11.8 Å². The highest BCUT2D eigenvalue weighted by Crippen LogP contribution is 2.49. The first-order chi connectivity index (χ1) is 21.1. The number of nitrogens with one attached hydrogen (secondary N) is 1. The minimum atomic E-state index is -2.91. The number of anilines is 2. The molecule has 3 amide bonds. The lowest BCUT2D eigenvalue weighted by Gasteiger charge is -2.45. The molecule has 1 N–H and O–H groups in total. The number of hydrogen-bond acceptors (Lipinski definition) is 6.